The van der Waals surface area contributed by atoms with Crippen molar-refractivity contribution in [2.75, 3.05) is 57.2 Å². The van der Waals surface area contributed by atoms with Crippen molar-refractivity contribution in [2.24, 2.45) is 4.99 Å². The highest BCUT2D eigenvalue weighted by molar-refractivity contribution is 6.30. The number of benzene rings is 2. The lowest BCUT2D eigenvalue weighted by Crippen LogP contribution is -2.53. The number of nitrogens with zero attached hydrogens (tertiary/aromatic N) is 4. The van der Waals surface area contributed by atoms with E-state index in [2.05, 4.69) is 71.3 Å². The number of anilines is 2. The molecule has 158 valence electrons. The fraction of sp³-hybridized carbons (Fsp3) is 0.375. The molecule has 1 fully saturated rings. The van der Waals surface area contributed by atoms with Gasteiger partial charge in [0.2, 0.25) is 5.88 Å². The van der Waals surface area contributed by atoms with Gasteiger partial charge in [-0.2, -0.15) is 0 Å². The van der Waals surface area contributed by atoms with E-state index >= 15 is 0 Å². The van der Waals surface area contributed by atoms with E-state index in [1.807, 2.05) is 12.1 Å². The van der Waals surface area contributed by atoms with Crippen LogP contribution in [-0.4, -0.2) is 64.0 Å². The lowest BCUT2D eigenvalue weighted by molar-refractivity contribution is 0.220. The van der Waals surface area contributed by atoms with Gasteiger partial charge in [-0.3, -0.25) is 4.90 Å². The van der Waals surface area contributed by atoms with Crippen LogP contribution in [-0.2, 0) is 4.74 Å². The summed E-state index contributed by atoms with van der Waals surface area (Å²) in [6.07, 6.45) is 3.02. The Morgan fingerprint density at radius 1 is 0.967 bits per heavy atom. The maximum Gasteiger partial charge on any atom is 0.209 e. The Balaban J connectivity index is 1.50. The number of methoxy groups -OCH3 is 1. The lowest BCUT2D eigenvalue weighted by Gasteiger charge is -2.41. The topological polar surface area (TPSA) is 31.3 Å². The summed E-state index contributed by atoms with van der Waals surface area (Å²) in [5.41, 5.74) is 4.68. The van der Waals surface area contributed by atoms with E-state index in [0.29, 0.717) is 5.88 Å². The minimum Gasteiger partial charge on any atom is -0.481 e. The van der Waals surface area contributed by atoms with Gasteiger partial charge in [0.25, 0.3) is 0 Å². The maximum absolute atomic E-state index is 6.04. The normalized spacial score (nSPS) is 19.9. The number of ether oxygens (including phenoxy) is 1. The standard InChI is InChI=1S/C24H29ClN4O/c1-27(2)20-8-4-18(5-9-20)24-22(12-13-23(26-24)30-3)29-16-14-28(15-17-29)21-10-6-19(25)7-11-21/h4-11,13,22H,12,14-17H2,1-3H3. The summed E-state index contributed by atoms with van der Waals surface area (Å²) in [5.74, 6) is 0.706. The summed E-state index contributed by atoms with van der Waals surface area (Å²) in [7, 11) is 5.80. The first-order valence-electron chi connectivity index (χ1n) is 10.4. The molecule has 0 amide bonds. The predicted molar refractivity (Wildman–Crippen MR) is 126 cm³/mol. The van der Waals surface area contributed by atoms with Crippen molar-refractivity contribution in [3.05, 3.63) is 71.1 Å². The van der Waals surface area contributed by atoms with Crippen molar-refractivity contribution < 1.29 is 4.74 Å². The summed E-state index contributed by atoms with van der Waals surface area (Å²) >= 11 is 6.04. The third-order valence-electron chi connectivity index (χ3n) is 5.90. The fourth-order valence-corrected chi connectivity index (χ4v) is 4.27. The van der Waals surface area contributed by atoms with Gasteiger partial charge in [0.15, 0.2) is 0 Å². The highest BCUT2D eigenvalue weighted by atomic mass is 35.5. The van der Waals surface area contributed by atoms with Crippen LogP contribution in [0.2, 0.25) is 5.02 Å². The molecule has 5 nitrogen and oxygen atoms in total. The van der Waals surface area contributed by atoms with Gasteiger partial charge in [-0.25, -0.2) is 4.99 Å². The second kappa shape index (κ2) is 9.11. The van der Waals surface area contributed by atoms with Crippen LogP contribution in [0, 0.1) is 0 Å². The molecular weight excluding hydrogens is 396 g/mol. The molecule has 6 heteroatoms. The summed E-state index contributed by atoms with van der Waals surface area (Å²) in [5, 5.41) is 0.779. The predicted octanol–water partition coefficient (Wildman–Crippen LogP) is 4.28. The summed E-state index contributed by atoms with van der Waals surface area (Å²) in [6.45, 7) is 3.98. The Hall–Kier alpha value is -2.50. The van der Waals surface area contributed by atoms with Crippen molar-refractivity contribution in [1.29, 1.82) is 0 Å². The average Bonchev–Trinajstić information content (AvgIpc) is 2.79. The Morgan fingerprint density at radius 3 is 2.23 bits per heavy atom. The van der Waals surface area contributed by atoms with E-state index in [-0.39, 0.29) is 6.04 Å². The molecule has 0 saturated carbocycles. The van der Waals surface area contributed by atoms with Crippen LogP contribution in [0.25, 0.3) is 0 Å². The molecule has 2 aromatic carbocycles. The van der Waals surface area contributed by atoms with Gasteiger partial charge in [-0.1, -0.05) is 23.7 Å². The van der Waals surface area contributed by atoms with Gasteiger partial charge >= 0.3 is 0 Å². The van der Waals surface area contributed by atoms with Crippen molar-refractivity contribution in [2.45, 2.75) is 12.5 Å². The van der Waals surface area contributed by atoms with E-state index in [4.69, 9.17) is 21.3 Å². The molecule has 4 rings (SSSR count). The zero-order valence-electron chi connectivity index (χ0n) is 17.9. The van der Waals surface area contributed by atoms with Gasteiger partial charge < -0.3 is 14.5 Å². The van der Waals surface area contributed by atoms with Crippen LogP contribution in [0.15, 0.2) is 65.5 Å². The Kier molecular flexibility index (Phi) is 6.30. The minimum atomic E-state index is 0.265. The minimum absolute atomic E-state index is 0.265. The van der Waals surface area contributed by atoms with Crippen molar-refractivity contribution in [3.63, 3.8) is 0 Å². The van der Waals surface area contributed by atoms with E-state index in [1.165, 1.54) is 11.4 Å². The number of aliphatic imine (C=N–C) groups is 1. The molecule has 0 N–H and O–H groups in total. The van der Waals surface area contributed by atoms with Gasteiger partial charge in [0, 0.05) is 56.7 Å². The lowest BCUT2D eigenvalue weighted by atomic mass is 9.96. The van der Waals surface area contributed by atoms with Gasteiger partial charge in [0.1, 0.15) is 0 Å². The van der Waals surface area contributed by atoms with E-state index < -0.39 is 0 Å². The molecule has 2 heterocycles. The van der Waals surface area contributed by atoms with Gasteiger partial charge in [-0.05, 0) is 54.5 Å². The molecule has 0 radical (unpaired) electrons. The molecule has 1 unspecified atom stereocenters. The van der Waals surface area contributed by atoms with Gasteiger partial charge in [-0.15, -0.1) is 0 Å². The third-order valence-corrected chi connectivity index (χ3v) is 6.15. The number of hydrogen-bond acceptors (Lipinski definition) is 5. The quantitative estimate of drug-likeness (QED) is 0.717. The second-order valence-corrected chi connectivity index (χ2v) is 8.37. The first-order valence-corrected chi connectivity index (χ1v) is 10.8. The SMILES string of the molecule is COC1=CCC(N2CCN(c3ccc(Cl)cc3)CC2)C(c2ccc(N(C)C)cc2)=N1. The molecule has 0 spiro atoms. The number of hydrogen-bond donors (Lipinski definition) is 0. The van der Waals surface area contributed by atoms with Crippen LogP contribution < -0.4 is 9.80 Å². The zero-order valence-corrected chi connectivity index (χ0v) is 18.6. The second-order valence-electron chi connectivity index (χ2n) is 7.94. The molecule has 2 aliphatic heterocycles. The fourth-order valence-electron chi connectivity index (χ4n) is 4.14. The zero-order chi connectivity index (χ0) is 21.1. The summed E-state index contributed by atoms with van der Waals surface area (Å²) < 4.78 is 5.45. The first kappa shape index (κ1) is 20.8. The van der Waals surface area contributed by atoms with E-state index in [9.17, 15) is 0 Å². The van der Waals surface area contributed by atoms with Crippen LogP contribution in [0.1, 0.15) is 12.0 Å². The van der Waals surface area contributed by atoms with Crippen molar-refractivity contribution in [1.82, 2.24) is 4.90 Å². The van der Waals surface area contributed by atoms with Crippen LogP contribution >= 0.6 is 11.6 Å². The smallest absolute Gasteiger partial charge is 0.209 e. The van der Waals surface area contributed by atoms with E-state index in [1.54, 1.807) is 7.11 Å². The molecule has 2 aliphatic rings. The molecule has 0 bridgehead atoms. The van der Waals surface area contributed by atoms with Crippen LogP contribution in [0.3, 0.4) is 0 Å². The molecule has 1 atom stereocenters. The molecule has 0 aromatic heterocycles. The van der Waals surface area contributed by atoms with Crippen molar-refractivity contribution >= 4 is 28.7 Å². The Bertz CT molecular complexity index is 913. The van der Waals surface area contributed by atoms with Crippen molar-refractivity contribution in [3.8, 4) is 0 Å². The maximum atomic E-state index is 6.04. The highest BCUT2D eigenvalue weighted by Gasteiger charge is 2.30. The van der Waals surface area contributed by atoms with Crippen LogP contribution in [0.5, 0.6) is 0 Å². The summed E-state index contributed by atoms with van der Waals surface area (Å²) in [4.78, 5) is 11.9. The Morgan fingerprint density at radius 2 is 1.63 bits per heavy atom. The van der Waals surface area contributed by atoms with Crippen LogP contribution in [0.4, 0.5) is 11.4 Å². The number of piperazine rings is 1. The van der Waals surface area contributed by atoms with E-state index in [0.717, 1.165) is 48.9 Å². The summed E-state index contributed by atoms with van der Waals surface area (Å²) in [6, 6.07) is 17.0. The highest BCUT2D eigenvalue weighted by Crippen LogP contribution is 2.26. The molecular formula is C24H29ClN4O. The Labute approximate surface area is 184 Å². The molecule has 30 heavy (non-hydrogen) atoms. The first-order chi connectivity index (χ1) is 14.5. The molecule has 1 saturated heterocycles. The number of halogens is 1. The molecule has 2 aromatic rings. The third kappa shape index (κ3) is 4.47. The van der Waals surface area contributed by atoms with Gasteiger partial charge in [0.05, 0.1) is 18.9 Å². The number of rotatable bonds is 5. The average molecular weight is 425 g/mol. The monoisotopic (exact) mass is 424 g/mol. The largest absolute Gasteiger partial charge is 0.481 e. The molecule has 0 aliphatic carbocycles.